The SMILES string of the molecule is C[C@@](O)(OC1CCCC[C@@H]1N)C(=O)O.Cl. The largest absolute Gasteiger partial charge is 0.477 e. The van der Waals surface area contributed by atoms with Crippen molar-refractivity contribution in [3.63, 3.8) is 0 Å². The van der Waals surface area contributed by atoms with Crippen LogP contribution in [0, 0.1) is 0 Å². The van der Waals surface area contributed by atoms with Crippen LogP contribution >= 0.6 is 12.4 Å². The first-order valence-electron chi connectivity index (χ1n) is 4.82. The number of carboxylic acids is 1. The van der Waals surface area contributed by atoms with E-state index in [1.165, 1.54) is 0 Å². The van der Waals surface area contributed by atoms with Crippen molar-refractivity contribution in [2.75, 3.05) is 0 Å². The smallest absolute Gasteiger partial charge is 0.363 e. The van der Waals surface area contributed by atoms with Gasteiger partial charge >= 0.3 is 5.97 Å². The molecule has 0 saturated heterocycles. The molecule has 5 nitrogen and oxygen atoms in total. The standard InChI is InChI=1S/C9H17NO4.ClH/c1-9(13,8(11)12)14-7-5-3-2-4-6(7)10;/h6-7,13H,2-5,10H2,1H3,(H,11,12);1H/t6-,7?,9+;/m0./s1. The predicted molar refractivity (Wildman–Crippen MR) is 56.8 cm³/mol. The molecule has 0 amide bonds. The average molecular weight is 240 g/mol. The molecule has 0 radical (unpaired) electrons. The Morgan fingerprint density at radius 2 is 2.00 bits per heavy atom. The van der Waals surface area contributed by atoms with E-state index in [9.17, 15) is 9.90 Å². The van der Waals surface area contributed by atoms with E-state index in [0.717, 1.165) is 26.2 Å². The van der Waals surface area contributed by atoms with Gasteiger partial charge in [-0.05, 0) is 12.8 Å². The molecule has 15 heavy (non-hydrogen) atoms. The number of ether oxygens (including phenoxy) is 1. The number of nitrogens with two attached hydrogens (primary N) is 1. The van der Waals surface area contributed by atoms with Gasteiger partial charge in [-0.25, -0.2) is 4.79 Å². The van der Waals surface area contributed by atoms with Crippen LogP contribution in [0.5, 0.6) is 0 Å². The summed E-state index contributed by atoms with van der Waals surface area (Å²) in [5.41, 5.74) is 5.76. The third-order valence-electron chi connectivity index (χ3n) is 2.53. The molecule has 3 atom stereocenters. The highest BCUT2D eigenvalue weighted by Crippen LogP contribution is 2.23. The summed E-state index contributed by atoms with van der Waals surface area (Å²) in [5.74, 6) is -3.50. The number of aliphatic hydroxyl groups is 1. The number of hydrogen-bond donors (Lipinski definition) is 3. The molecule has 1 aliphatic rings. The summed E-state index contributed by atoms with van der Waals surface area (Å²) < 4.78 is 5.08. The fraction of sp³-hybridized carbons (Fsp3) is 0.889. The molecule has 90 valence electrons. The molecule has 0 aromatic carbocycles. The van der Waals surface area contributed by atoms with Gasteiger partial charge < -0.3 is 20.7 Å². The highest BCUT2D eigenvalue weighted by Gasteiger charge is 2.36. The Morgan fingerprint density at radius 3 is 2.47 bits per heavy atom. The van der Waals surface area contributed by atoms with Gasteiger partial charge in [0.15, 0.2) is 0 Å². The third kappa shape index (κ3) is 3.95. The van der Waals surface area contributed by atoms with Crippen molar-refractivity contribution in [3.8, 4) is 0 Å². The second kappa shape index (κ2) is 5.65. The minimum Gasteiger partial charge on any atom is -0.477 e. The molecule has 1 saturated carbocycles. The number of halogens is 1. The Morgan fingerprint density at radius 1 is 1.47 bits per heavy atom. The lowest BCUT2D eigenvalue weighted by Gasteiger charge is -2.32. The summed E-state index contributed by atoms with van der Waals surface area (Å²) in [4.78, 5) is 10.6. The second-order valence-corrected chi connectivity index (χ2v) is 3.89. The molecular formula is C9H18ClNO4. The molecule has 1 fully saturated rings. The monoisotopic (exact) mass is 239 g/mol. The summed E-state index contributed by atoms with van der Waals surface area (Å²) in [6, 6.07) is -0.172. The lowest BCUT2D eigenvalue weighted by Crippen LogP contribution is -2.48. The quantitative estimate of drug-likeness (QED) is 0.624. The molecule has 1 unspecified atom stereocenters. The molecule has 0 aromatic rings. The number of carbonyl (C=O) groups is 1. The van der Waals surface area contributed by atoms with Gasteiger partial charge in [0.2, 0.25) is 0 Å². The topological polar surface area (TPSA) is 92.8 Å². The van der Waals surface area contributed by atoms with Crippen LogP contribution < -0.4 is 5.73 Å². The molecule has 1 aliphatic carbocycles. The molecule has 0 spiro atoms. The van der Waals surface area contributed by atoms with E-state index in [1.807, 2.05) is 0 Å². The Balaban J connectivity index is 0.00000196. The molecule has 0 bridgehead atoms. The number of carboxylic acid groups (broad SMARTS) is 1. The highest BCUT2D eigenvalue weighted by molar-refractivity contribution is 5.85. The number of rotatable bonds is 3. The van der Waals surface area contributed by atoms with Crippen LogP contribution in [0.2, 0.25) is 0 Å². The lowest BCUT2D eigenvalue weighted by molar-refractivity contribution is -0.236. The van der Waals surface area contributed by atoms with E-state index >= 15 is 0 Å². The Bertz CT molecular complexity index is 222. The zero-order chi connectivity index (χ0) is 10.8. The van der Waals surface area contributed by atoms with Crippen LogP contribution in [0.25, 0.3) is 0 Å². The van der Waals surface area contributed by atoms with Crippen molar-refractivity contribution >= 4 is 18.4 Å². The van der Waals surface area contributed by atoms with Gasteiger partial charge in [0.05, 0.1) is 6.10 Å². The molecule has 0 heterocycles. The second-order valence-electron chi connectivity index (χ2n) is 3.89. The van der Waals surface area contributed by atoms with Crippen molar-refractivity contribution in [1.29, 1.82) is 0 Å². The Labute approximate surface area is 95.0 Å². The van der Waals surface area contributed by atoms with Gasteiger partial charge in [0.1, 0.15) is 0 Å². The maximum atomic E-state index is 10.6. The maximum Gasteiger partial charge on any atom is 0.363 e. The first-order valence-corrected chi connectivity index (χ1v) is 4.82. The average Bonchev–Trinajstić information content (AvgIpc) is 2.08. The van der Waals surface area contributed by atoms with E-state index in [1.54, 1.807) is 0 Å². The van der Waals surface area contributed by atoms with Gasteiger partial charge in [-0.3, -0.25) is 0 Å². The minimum atomic E-state index is -2.13. The van der Waals surface area contributed by atoms with E-state index in [2.05, 4.69) is 0 Å². The van der Waals surface area contributed by atoms with Crippen molar-refractivity contribution < 1.29 is 19.7 Å². The van der Waals surface area contributed by atoms with Gasteiger partial charge in [0.25, 0.3) is 5.79 Å². The molecular weight excluding hydrogens is 222 g/mol. The van der Waals surface area contributed by atoms with E-state index in [4.69, 9.17) is 15.6 Å². The maximum absolute atomic E-state index is 10.6. The van der Waals surface area contributed by atoms with Gasteiger partial charge in [-0.2, -0.15) is 0 Å². The summed E-state index contributed by atoms with van der Waals surface area (Å²) in [6.45, 7) is 1.12. The highest BCUT2D eigenvalue weighted by atomic mass is 35.5. The van der Waals surface area contributed by atoms with Gasteiger partial charge in [-0.1, -0.05) is 12.8 Å². The normalized spacial score (nSPS) is 30.1. The van der Waals surface area contributed by atoms with E-state index < -0.39 is 11.8 Å². The first-order chi connectivity index (χ1) is 6.43. The van der Waals surface area contributed by atoms with Crippen LogP contribution in [0.15, 0.2) is 0 Å². The molecule has 4 N–H and O–H groups in total. The zero-order valence-corrected chi connectivity index (χ0v) is 9.50. The molecule has 1 rings (SSSR count). The van der Waals surface area contributed by atoms with Crippen LogP contribution in [0.4, 0.5) is 0 Å². The number of hydrogen-bond acceptors (Lipinski definition) is 4. The summed E-state index contributed by atoms with van der Waals surface area (Å²) in [7, 11) is 0. The third-order valence-corrected chi connectivity index (χ3v) is 2.53. The van der Waals surface area contributed by atoms with Crippen LogP contribution in [-0.2, 0) is 9.53 Å². The van der Waals surface area contributed by atoms with Crippen molar-refractivity contribution in [2.24, 2.45) is 5.73 Å². The van der Waals surface area contributed by atoms with Gasteiger partial charge in [0, 0.05) is 13.0 Å². The fourth-order valence-electron chi connectivity index (χ4n) is 1.62. The molecule has 0 aromatic heterocycles. The minimum absolute atomic E-state index is 0. The molecule has 6 heteroatoms. The summed E-state index contributed by atoms with van der Waals surface area (Å²) >= 11 is 0. The van der Waals surface area contributed by atoms with Crippen molar-refractivity contribution in [3.05, 3.63) is 0 Å². The Kier molecular flexibility index (Phi) is 5.51. The van der Waals surface area contributed by atoms with Crippen LogP contribution in [-0.4, -0.2) is 34.1 Å². The van der Waals surface area contributed by atoms with Crippen LogP contribution in [0.1, 0.15) is 32.6 Å². The zero-order valence-electron chi connectivity index (χ0n) is 8.68. The van der Waals surface area contributed by atoms with E-state index in [0.29, 0.717) is 6.42 Å². The van der Waals surface area contributed by atoms with E-state index in [-0.39, 0.29) is 24.6 Å². The van der Waals surface area contributed by atoms with Crippen LogP contribution in [0.3, 0.4) is 0 Å². The lowest BCUT2D eigenvalue weighted by atomic mass is 9.93. The number of aliphatic carboxylic acids is 1. The molecule has 0 aliphatic heterocycles. The summed E-state index contributed by atoms with van der Waals surface area (Å²) in [5, 5.41) is 18.0. The summed E-state index contributed by atoms with van der Waals surface area (Å²) in [6.07, 6.45) is 3.18. The van der Waals surface area contributed by atoms with Crippen molar-refractivity contribution in [2.45, 2.75) is 50.5 Å². The van der Waals surface area contributed by atoms with Gasteiger partial charge in [-0.15, -0.1) is 12.4 Å². The Hall–Kier alpha value is -0.360. The first kappa shape index (κ1) is 14.6. The van der Waals surface area contributed by atoms with Crippen molar-refractivity contribution in [1.82, 2.24) is 0 Å². The predicted octanol–water partition coefficient (Wildman–Crippen LogP) is 0.488. The fourth-order valence-corrected chi connectivity index (χ4v) is 1.62.